The number of benzene rings is 2. The van der Waals surface area contributed by atoms with Gasteiger partial charge in [0.15, 0.2) is 0 Å². The quantitative estimate of drug-likeness (QED) is 0.401. The van der Waals surface area contributed by atoms with Crippen molar-refractivity contribution < 1.29 is 29.4 Å². The minimum Gasteiger partial charge on any atom is -0.478 e. The molecule has 0 unspecified atom stereocenters. The average molecular weight is 483 g/mol. The molecule has 33 heavy (non-hydrogen) atoms. The van der Waals surface area contributed by atoms with Crippen molar-refractivity contribution in [1.82, 2.24) is 4.90 Å². The number of rotatable bonds is 7. The standard InChI is InChI=1S/C23H18N2O6S2/c1-13(7-14-5-3-2-4-6-14)8-18-20(27)25(23(32)33-18)12-19(26)24-17-10-15(21(28)29)9-16(11-17)22(30)31/h2-11H,12H2,1H3,(H,24,26)(H,28,29)(H,30,31)/b13-7+,18-8-. The SMILES string of the molecule is CC(/C=C1\SC(=S)N(CC(=O)Nc2cc(C(=O)O)cc(C(=O)O)c2)C1=O)=C\c1ccccc1. The van der Waals surface area contributed by atoms with Crippen molar-refractivity contribution in [3.05, 3.63) is 81.8 Å². The molecule has 1 fully saturated rings. The van der Waals surface area contributed by atoms with Gasteiger partial charge in [0, 0.05) is 5.69 Å². The molecule has 1 saturated heterocycles. The van der Waals surface area contributed by atoms with Crippen molar-refractivity contribution >= 4 is 63.8 Å². The van der Waals surface area contributed by atoms with Crippen LogP contribution in [0.25, 0.3) is 6.08 Å². The molecule has 0 atom stereocenters. The van der Waals surface area contributed by atoms with Gasteiger partial charge >= 0.3 is 11.9 Å². The van der Waals surface area contributed by atoms with Crippen LogP contribution in [-0.4, -0.2) is 49.7 Å². The number of amides is 2. The lowest BCUT2D eigenvalue weighted by molar-refractivity contribution is -0.126. The molecule has 1 aliphatic heterocycles. The first kappa shape index (κ1) is 23.9. The maximum absolute atomic E-state index is 12.8. The molecule has 2 aromatic rings. The number of carbonyl (C=O) groups excluding carboxylic acids is 2. The van der Waals surface area contributed by atoms with Crippen LogP contribution in [0.4, 0.5) is 5.69 Å². The summed E-state index contributed by atoms with van der Waals surface area (Å²) in [5, 5.41) is 20.7. The van der Waals surface area contributed by atoms with Crippen LogP contribution in [0, 0.1) is 0 Å². The number of anilines is 1. The summed E-state index contributed by atoms with van der Waals surface area (Å²) in [5.74, 6) is -3.75. The molecule has 2 amide bonds. The molecule has 8 nitrogen and oxygen atoms in total. The summed E-state index contributed by atoms with van der Waals surface area (Å²) >= 11 is 6.32. The van der Waals surface area contributed by atoms with Crippen molar-refractivity contribution in [3.8, 4) is 0 Å². The first-order valence-corrected chi connectivity index (χ1v) is 10.8. The number of nitrogens with zero attached hydrogens (tertiary/aromatic N) is 1. The van der Waals surface area contributed by atoms with Crippen molar-refractivity contribution in [2.75, 3.05) is 11.9 Å². The fraction of sp³-hybridized carbons (Fsp3) is 0.0870. The highest BCUT2D eigenvalue weighted by Crippen LogP contribution is 2.32. The predicted octanol–water partition coefficient (Wildman–Crippen LogP) is 3.87. The van der Waals surface area contributed by atoms with Crippen LogP contribution >= 0.6 is 24.0 Å². The van der Waals surface area contributed by atoms with Crippen molar-refractivity contribution in [1.29, 1.82) is 0 Å². The Balaban J connectivity index is 1.72. The number of allylic oxidation sites excluding steroid dienone is 2. The Kier molecular flexibility index (Phi) is 7.41. The van der Waals surface area contributed by atoms with Crippen molar-refractivity contribution in [2.45, 2.75) is 6.92 Å². The normalized spacial score (nSPS) is 15.1. The lowest BCUT2D eigenvalue weighted by Crippen LogP contribution is -2.36. The third-order valence-electron chi connectivity index (χ3n) is 4.44. The van der Waals surface area contributed by atoms with Crippen LogP contribution in [0.1, 0.15) is 33.2 Å². The molecule has 1 heterocycles. The molecule has 2 aromatic carbocycles. The van der Waals surface area contributed by atoms with E-state index in [0.29, 0.717) is 4.91 Å². The van der Waals surface area contributed by atoms with E-state index in [1.165, 1.54) is 0 Å². The summed E-state index contributed by atoms with van der Waals surface area (Å²) < 4.78 is 0.208. The summed E-state index contributed by atoms with van der Waals surface area (Å²) in [4.78, 5) is 49.2. The topological polar surface area (TPSA) is 124 Å². The van der Waals surface area contributed by atoms with Crippen LogP contribution in [0.15, 0.2) is 65.1 Å². The highest BCUT2D eigenvalue weighted by molar-refractivity contribution is 8.26. The number of hydrogen-bond donors (Lipinski definition) is 3. The highest BCUT2D eigenvalue weighted by Gasteiger charge is 2.33. The van der Waals surface area contributed by atoms with Crippen LogP contribution in [0.5, 0.6) is 0 Å². The summed E-state index contributed by atoms with van der Waals surface area (Å²) in [6.45, 7) is 1.45. The smallest absolute Gasteiger partial charge is 0.335 e. The fourth-order valence-electron chi connectivity index (χ4n) is 2.99. The van der Waals surface area contributed by atoms with E-state index in [0.717, 1.165) is 46.0 Å². The minimum absolute atomic E-state index is 0.0140. The van der Waals surface area contributed by atoms with E-state index in [9.17, 15) is 19.2 Å². The zero-order valence-electron chi connectivity index (χ0n) is 17.3. The van der Waals surface area contributed by atoms with Gasteiger partial charge in [-0.1, -0.05) is 60.4 Å². The second-order valence-corrected chi connectivity index (χ2v) is 8.70. The van der Waals surface area contributed by atoms with E-state index in [-0.39, 0.29) is 21.1 Å². The zero-order chi connectivity index (χ0) is 24.1. The molecule has 0 spiro atoms. The molecule has 0 saturated carbocycles. The van der Waals surface area contributed by atoms with Crippen LogP contribution < -0.4 is 5.32 Å². The average Bonchev–Trinajstić information content (AvgIpc) is 3.01. The number of carboxylic acid groups (broad SMARTS) is 2. The highest BCUT2D eigenvalue weighted by atomic mass is 32.2. The van der Waals surface area contributed by atoms with Gasteiger partial charge < -0.3 is 15.5 Å². The van der Waals surface area contributed by atoms with E-state index in [2.05, 4.69) is 5.32 Å². The Hall–Kier alpha value is -3.76. The largest absolute Gasteiger partial charge is 0.478 e. The molecule has 0 aliphatic carbocycles. The summed E-state index contributed by atoms with van der Waals surface area (Å²) in [5.41, 5.74) is 1.21. The Bertz CT molecular complexity index is 1190. The van der Waals surface area contributed by atoms with Crippen LogP contribution in [0.2, 0.25) is 0 Å². The lowest BCUT2D eigenvalue weighted by atomic mass is 10.1. The number of carbonyl (C=O) groups is 4. The van der Waals surface area contributed by atoms with Crippen molar-refractivity contribution in [2.24, 2.45) is 0 Å². The van der Waals surface area contributed by atoms with Crippen LogP contribution in [0.3, 0.4) is 0 Å². The molecular formula is C23H18N2O6S2. The van der Waals surface area contributed by atoms with Gasteiger partial charge in [-0.2, -0.15) is 0 Å². The van der Waals surface area contributed by atoms with E-state index in [1.807, 2.05) is 43.3 Å². The second kappa shape index (κ2) is 10.2. The number of nitrogens with one attached hydrogen (secondary N) is 1. The molecule has 0 bridgehead atoms. The van der Waals surface area contributed by atoms with Gasteiger partial charge in [-0.15, -0.1) is 0 Å². The molecular weight excluding hydrogens is 464 g/mol. The van der Waals surface area contributed by atoms with Crippen LogP contribution in [-0.2, 0) is 9.59 Å². The Morgan fingerprint density at radius 2 is 1.67 bits per heavy atom. The number of hydrogen-bond acceptors (Lipinski definition) is 6. The Labute approximate surface area is 198 Å². The van der Waals surface area contributed by atoms with Crippen molar-refractivity contribution in [3.63, 3.8) is 0 Å². The van der Waals surface area contributed by atoms with Gasteiger partial charge in [0.25, 0.3) is 5.91 Å². The Morgan fingerprint density at radius 3 is 2.24 bits per heavy atom. The van der Waals surface area contributed by atoms with Gasteiger partial charge in [0.2, 0.25) is 5.91 Å². The number of carboxylic acids is 2. The number of thioether (sulfide) groups is 1. The van der Waals surface area contributed by atoms with Gasteiger partial charge in [-0.05, 0) is 42.3 Å². The first-order valence-electron chi connectivity index (χ1n) is 9.54. The summed E-state index contributed by atoms with van der Waals surface area (Å²) in [6.07, 6.45) is 3.61. The van der Waals surface area contributed by atoms with Gasteiger partial charge in [-0.25, -0.2) is 9.59 Å². The molecule has 3 rings (SSSR count). The predicted molar refractivity (Wildman–Crippen MR) is 129 cm³/mol. The summed E-state index contributed by atoms with van der Waals surface area (Å²) in [7, 11) is 0. The minimum atomic E-state index is -1.34. The van der Waals surface area contributed by atoms with E-state index in [4.69, 9.17) is 22.4 Å². The lowest BCUT2D eigenvalue weighted by Gasteiger charge is -2.14. The number of aromatic carboxylic acids is 2. The third kappa shape index (κ3) is 6.15. The third-order valence-corrected chi connectivity index (χ3v) is 5.82. The number of thiocarbonyl (C=S) groups is 1. The van der Waals surface area contributed by atoms with E-state index < -0.39 is 30.3 Å². The fourth-order valence-corrected chi connectivity index (χ4v) is 4.29. The molecule has 168 valence electrons. The first-order chi connectivity index (χ1) is 15.6. The maximum Gasteiger partial charge on any atom is 0.335 e. The van der Waals surface area contributed by atoms with E-state index in [1.54, 1.807) is 6.08 Å². The zero-order valence-corrected chi connectivity index (χ0v) is 18.9. The molecule has 1 aliphatic rings. The van der Waals surface area contributed by atoms with Gasteiger partial charge in [-0.3, -0.25) is 14.5 Å². The molecule has 10 heteroatoms. The second-order valence-electron chi connectivity index (χ2n) is 7.02. The molecule has 0 aromatic heterocycles. The van der Waals surface area contributed by atoms with E-state index >= 15 is 0 Å². The van der Waals surface area contributed by atoms with Gasteiger partial charge in [0.1, 0.15) is 10.9 Å². The van der Waals surface area contributed by atoms with Gasteiger partial charge in [0.05, 0.1) is 16.0 Å². The summed E-state index contributed by atoms with van der Waals surface area (Å²) in [6, 6.07) is 12.8. The maximum atomic E-state index is 12.8. The Morgan fingerprint density at radius 1 is 1.06 bits per heavy atom. The monoisotopic (exact) mass is 482 g/mol. The molecule has 0 radical (unpaired) electrons. The molecule has 3 N–H and O–H groups in total.